The highest BCUT2D eigenvalue weighted by atomic mass is 15.1. The Balaban J connectivity index is 2.69. The summed E-state index contributed by atoms with van der Waals surface area (Å²) in [7, 11) is 0. The van der Waals surface area contributed by atoms with Crippen LogP contribution >= 0.6 is 0 Å². The topological polar surface area (TPSA) is 38.7 Å². The summed E-state index contributed by atoms with van der Waals surface area (Å²) in [6.45, 7) is 3.95. The highest BCUT2D eigenvalue weighted by Gasteiger charge is 1.92. The first-order valence-corrected chi connectivity index (χ1v) is 3.48. The summed E-state index contributed by atoms with van der Waals surface area (Å²) in [5.74, 6) is 0.736. The average molecular weight is 137 g/mol. The van der Waals surface area contributed by atoms with Gasteiger partial charge in [-0.05, 0) is 13.3 Å². The maximum absolute atomic E-state index is 4.02. The molecule has 0 radical (unpaired) electrons. The molecule has 1 rings (SSSR count). The van der Waals surface area contributed by atoms with Crippen molar-refractivity contribution in [3.63, 3.8) is 0 Å². The fourth-order valence-electron chi connectivity index (χ4n) is 0.727. The van der Waals surface area contributed by atoms with Crippen LogP contribution in [0.15, 0.2) is 6.20 Å². The molecule has 0 amide bonds. The molecule has 1 aromatic heterocycles. The Bertz CT molecular complexity index is 193. The molecule has 1 heterocycles. The Morgan fingerprint density at radius 3 is 2.70 bits per heavy atom. The van der Waals surface area contributed by atoms with Crippen molar-refractivity contribution >= 4 is 0 Å². The molecule has 0 spiro atoms. The minimum absolute atomic E-state index is 0.736. The van der Waals surface area contributed by atoms with Crippen LogP contribution in [0.3, 0.4) is 0 Å². The zero-order valence-corrected chi connectivity index (χ0v) is 6.33. The molecular formula is C7H11N3. The molecule has 0 saturated carbocycles. The zero-order chi connectivity index (χ0) is 7.40. The van der Waals surface area contributed by atoms with Crippen LogP contribution in [0.1, 0.15) is 24.9 Å². The van der Waals surface area contributed by atoms with Crippen LogP contribution in [0.5, 0.6) is 0 Å². The van der Waals surface area contributed by atoms with Crippen molar-refractivity contribution in [3.8, 4) is 0 Å². The molecule has 0 saturated heterocycles. The lowest BCUT2D eigenvalue weighted by Crippen LogP contribution is -1.96. The lowest BCUT2D eigenvalue weighted by molar-refractivity contribution is 0.795. The molecule has 0 aliphatic carbocycles. The third-order valence-corrected chi connectivity index (χ3v) is 1.23. The molecule has 0 bridgehead atoms. The van der Waals surface area contributed by atoms with E-state index in [1.165, 1.54) is 0 Å². The second-order valence-electron chi connectivity index (χ2n) is 2.25. The summed E-state index contributed by atoms with van der Waals surface area (Å²) >= 11 is 0. The van der Waals surface area contributed by atoms with E-state index in [1.54, 1.807) is 6.20 Å². The Hall–Kier alpha value is -0.990. The molecule has 54 valence electrons. The lowest BCUT2D eigenvalue weighted by Gasteiger charge is -1.93. The van der Waals surface area contributed by atoms with Gasteiger partial charge in [-0.1, -0.05) is 13.3 Å². The fourth-order valence-corrected chi connectivity index (χ4v) is 0.727. The Labute approximate surface area is 60.5 Å². The lowest BCUT2D eigenvalue weighted by atomic mass is 10.3. The molecule has 3 nitrogen and oxygen atoms in total. The number of nitrogens with zero attached hydrogens (tertiary/aromatic N) is 3. The van der Waals surface area contributed by atoms with Crippen molar-refractivity contribution in [2.75, 3.05) is 0 Å². The predicted molar refractivity (Wildman–Crippen MR) is 38.6 cm³/mol. The van der Waals surface area contributed by atoms with Crippen molar-refractivity contribution < 1.29 is 0 Å². The normalized spacial score (nSPS) is 9.80. The van der Waals surface area contributed by atoms with Crippen molar-refractivity contribution in [2.24, 2.45) is 0 Å². The SMILES string of the molecule is CCCc1cnc(C)nn1. The van der Waals surface area contributed by atoms with Gasteiger partial charge in [0.15, 0.2) is 0 Å². The molecule has 0 fully saturated rings. The first-order valence-electron chi connectivity index (χ1n) is 3.48. The van der Waals surface area contributed by atoms with Crippen molar-refractivity contribution in [3.05, 3.63) is 17.7 Å². The first-order chi connectivity index (χ1) is 4.83. The fraction of sp³-hybridized carbons (Fsp3) is 0.571. The summed E-state index contributed by atoms with van der Waals surface area (Å²) in [6.07, 6.45) is 3.85. The van der Waals surface area contributed by atoms with E-state index in [0.29, 0.717) is 0 Å². The van der Waals surface area contributed by atoms with E-state index in [4.69, 9.17) is 0 Å². The third-order valence-electron chi connectivity index (χ3n) is 1.23. The van der Waals surface area contributed by atoms with Gasteiger partial charge >= 0.3 is 0 Å². The van der Waals surface area contributed by atoms with E-state index >= 15 is 0 Å². The van der Waals surface area contributed by atoms with Gasteiger partial charge in [-0.3, -0.25) is 0 Å². The van der Waals surface area contributed by atoms with Crippen LogP contribution in [0.25, 0.3) is 0 Å². The van der Waals surface area contributed by atoms with E-state index in [-0.39, 0.29) is 0 Å². The van der Waals surface area contributed by atoms with Crippen molar-refractivity contribution in [1.29, 1.82) is 0 Å². The first kappa shape index (κ1) is 7.12. The van der Waals surface area contributed by atoms with Crippen LogP contribution in [0, 0.1) is 6.92 Å². The highest BCUT2D eigenvalue weighted by molar-refractivity contribution is 4.92. The molecule has 0 atom stereocenters. The summed E-state index contributed by atoms with van der Waals surface area (Å²) in [4.78, 5) is 4.02. The molecule has 0 unspecified atom stereocenters. The second kappa shape index (κ2) is 3.25. The summed E-state index contributed by atoms with van der Waals surface area (Å²) < 4.78 is 0. The van der Waals surface area contributed by atoms with Gasteiger partial charge in [-0.2, -0.15) is 5.10 Å². The van der Waals surface area contributed by atoms with Crippen LogP contribution in [-0.2, 0) is 6.42 Å². The van der Waals surface area contributed by atoms with E-state index in [0.717, 1.165) is 24.4 Å². The van der Waals surface area contributed by atoms with Crippen LogP contribution in [-0.4, -0.2) is 15.2 Å². The quantitative estimate of drug-likeness (QED) is 0.613. The average Bonchev–Trinajstić information content (AvgIpc) is 1.95. The van der Waals surface area contributed by atoms with Crippen LogP contribution in [0.4, 0.5) is 0 Å². The Morgan fingerprint density at radius 1 is 1.40 bits per heavy atom. The van der Waals surface area contributed by atoms with Crippen molar-refractivity contribution in [2.45, 2.75) is 26.7 Å². The van der Waals surface area contributed by atoms with E-state index in [1.807, 2.05) is 6.92 Å². The smallest absolute Gasteiger partial charge is 0.147 e. The minimum Gasteiger partial charge on any atom is -0.238 e. The number of hydrogen-bond donors (Lipinski definition) is 0. The number of rotatable bonds is 2. The van der Waals surface area contributed by atoms with Gasteiger partial charge in [0.05, 0.1) is 11.9 Å². The molecule has 3 heteroatoms. The third kappa shape index (κ3) is 1.76. The van der Waals surface area contributed by atoms with Crippen LogP contribution in [0.2, 0.25) is 0 Å². The van der Waals surface area contributed by atoms with Crippen LogP contribution < -0.4 is 0 Å². The molecular weight excluding hydrogens is 126 g/mol. The summed E-state index contributed by atoms with van der Waals surface area (Å²) in [5, 5.41) is 7.79. The van der Waals surface area contributed by atoms with Gasteiger partial charge < -0.3 is 0 Å². The molecule has 1 aromatic rings. The minimum atomic E-state index is 0.736. The van der Waals surface area contributed by atoms with Gasteiger partial charge in [0, 0.05) is 0 Å². The highest BCUT2D eigenvalue weighted by Crippen LogP contribution is 1.94. The van der Waals surface area contributed by atoms with Crippen molar-refractivity contribution in [1.82, 2.24) is 15.2 Å². The molecule has 0 aliphatic heterocycles. The maximum atomic E-state index is 4.02. The molecule has 0 N–H and O–H groups in total. The standard InChI is InChI=1S/C7H11N3/c1-3-4-7-5-8-6(2)9-10-7/h5H,3-4H2,1-2H3. The maximum Gasteiger partial charge on any atom is 0.147 e. The van der Waals surface area contributed by atoms with Gasteiger partial charge in [0.2, 0.25) is 0 Å². The molecule has 0 aromatic carbocycles. The summed E-state index contributed by atoms with van der Waals surface area (Å²) in [5.41, 5.74) is 0.980. The number of aryl methyl sites for hydroxylation is 2. The number of aromatic nitrogens is 3. The molecule has 10 heavy (non-hydrogen) atoms. The Kier molecular flexibility index (Phi) is 2.31. The molecule has 0 aliphatic rings. The van der Waals surface area contributed by atoms with Gasteiger partial charge in [-0.15, -0.1) is 5.10 Å². The predicted octanol–water partition coefficient (Wildman–Crippen LogP) is 1.13. The second-order valence-corrected chi connectivity index (χ2v) is 2.25. The van der Waals surface area contributed by atoms with E-state index < -0.39 is 0 Å². The van der Waals surface area contributed by atoms with Gasteiger partial charge in [0.25, 0.3) is 0 Å². The zero-order valence-electron chi connectivity index (χ0n) is 6.33. The largest absolute Gasteiger partial charge is 0.238 e. The summed E-state index contributed by atoms with van der Waals surface area (Å²) in [6, 6.07) is 0. The van der Waals surface area contributed by atoms with Gasteiger partial charge in [0.1, 0.15) is 5.82 Å². The van der Waals surface area contributed by atoms with E-state index in [9.17, 15) is 0 Å². The van der Waals surface area contributed by atoms with Gasteiger partial charge in [-0.25, -0.2) is 4.98 Å². The monoisotopic (exact) mass is 137 g/mol. The Morgan fingerprint density at radius 2 is 2.20 bits per heavy atom. The van der Waals surface area contributed by atoms with E-state index in [2.05, 4.69) is 22.1 Å². The number of hydrogen-bond acceptors (Lipinski definition) is 3.